The Hall–Kier alpha value is -0.990. The van der Waals surface area contributed by atoms with Gasteiger partial charge in [-0.1, -0.05) is 0 Å². The van der Waals surface area contributed by atoms with Gasteiger partial charge in [0.05, 0.1) is 16.7 Å². The van der Waals surface area contributed by atoms with Gasteiger partial charge in [0.15, 0.2) is 0 Å². The van der Waals surface area contributed by atoms with Crippen LogP contribution < -0.4 is 11.3 Å². The monoisotopic (exact) mass is 293 g/mol. The van der Waals surface area contributed by atoms with Crippen LogP contribution in [-0.2, 0) is 10.9 Å². The van der Waals surface area contributed by atoms with Crippen LogP contribution in [0.4, 0.5) is 19.0 Å². The summed E-state index contributed by atoms with van der Waals surface area (Å²) in [5, 5.41) is 0.409. The van der Waals surface area contributed by atoms with E-state index in [2.05, 4.69) is 10.4 Å². The van der Waals surface area contributed by atoms with E-state index in [4.69, 9.17) is 10.6 Å². The van der Waals surface area contributed by atoms with Crippen LogP contribution in [0.25, 0.3) is 0 Å². The molecule has 0 bridgehead atoms. The van der Waals surface area contributed by atoms with Crippen molar-refractivity contribution in [3.05, 3.63) is 17.7 Å². The van der Waals surface area contributed by atoms with E-state index in [0.717, 1.165) is 18.6 Å². The highest BCUT2D eigenvalue weighted by Crippen LogP contribution is 2.36. The van der Waals surface area contributed by atoms with E-state index >= 15 is 0 Å². The Morgan fingerprint density at radius 3 is 2.74 bits per heavy atom. The van der Waals surface area contributed by atoms with Crippen molar-refractivity contribution in [1.82, 2.24) is 4.98 Å². The highest BCUT2D eigenvalue weighted by atomic mass is 32.2. The number of hydrogen-bond acceptors (Lipinski definition) is 5. The lowest BCUT2D eigenvalue weighted by Gasteiger charge is -2.15. The van der Waals surface area contributed by atoms with Crippen molar-refractivity contribution in [2.24, 2.45) is 5.84 Å². The number of halogens is 3. The standard InChI is InChI=1S/C11H14F3N3OS/c1-6-8(2-3-18-6)19-10-5-7(11(12,13)14)4-9(16-10)17-15/h4-6,8H,2-3,15H2,1H3,(H,16,17). The molecule has 2 heterocycles. The number of anilines is 1. The summed E-state index contributed by atoms with van der Waals surface area (Å²) in [4.78, 5) is 4.03. The molecule has 0 radical (unpaired) electrons. The molecule has 4 nitrogen and oxygen atoms in total. The maximum absolute atomic E-state index is 12.7. The van der Waals surface area contributed by atoms with E-state index in [-0.39, 0.29) is 17.2 Å². The first-order chi connectivity index (χ1) is 8.90. The number of nitrogens with two attached hydrogens (primary N) is 1. The molecular formula is C11H14F3N3OS. The number of thioether (sulfide) groups is 1. The van der Waals surface area contributed by atoms with Crippen LogP contribution in [0.3, 0.4) is 0 Å². The van der Waals surface area contributed by atoms with Gasteiger partial charge in [0.2, 0.25) is 0 Å². The molecule has 0 saturated carbocycles. The van der Waals surface area contributed by atoms with E-state index in [1.54, 1.807) is 0 Å². The van der Waals surface area contributed by atoms with Crippen molar-refractivity contribution in [1.29, 1.82) is 0 Å². The third kappa shape index (κ3) is 3.52. The maximum atomic E-state index is 12.7. The van der Waals surface area contributed by atoms with Gasteiger partial charge in [0.1, 0.15) is 5.82 Å². The lowest BCUT2D eigenvalue weighted by Crippen LogP contribution is -2.15. The highest BCUT2D eigenvalue weighted by Gasteiger charge is 2.32. The first-order valence-corrected chi connectivity index (χ1v) is 6.62. The van der Waals surface area contributed by atoms with Crippen LogP contribution in [0, 0.1) is 0 Å². The minimum atomic E-state index is -4.42. The number of rotatable bonds is 3. The Balaban J connectivity index is 2.24. The predicted molar refractivity (Wildman–Crippen MR) is 66.7 cm³/mol. The second kappa shape index (κ2) is 5.56. The van der Waals surface area contributed by atoms with Crippen LogP contribution in [0.15, 0.2) is 17.2 Å². The van der Waals surface area contributed by atoms with E-state index in [1.165, 1.54) is 11.8 Å². The molecule has 3 N–H and O–H groups in total. The van der Waals surface area contributed by atoms with Crippen LogP contribution in [-0.4, -0.2) is 22.9 Å². The lowest BCUT2D eigenvalue weighted by atomic mass is 10.2. The summed E-state index contributed by atoms with van der Waals surface area (Å²) in [6.45, 7) is 2.53. The van der Waals surface area contributed by atoms with Crippen LogP contribution in [0.1, 0.15) is 18.9 Å². The van der Waals surface area contributed by atoms with E-state index < -0.39 is 11.7 Å². The molecule has 1 aliphatic heterocycles. The number of nitrogen functional groups attached to an aromatic ring is 1. The van der Waals surface area contributed by atoms with E-state index in [0.29, 0.717) is 11.6 Å². The number of aromatic nitrogens is 1. The summed E-state index contributed by atoms with van der Waals surface area (Å²) in [5.74, 6) is 5.16. The zero-order valence-electron chi connectivity index (χ0n) is 10.2. The second-order valence-electron chi connectivity index (χ2n) is 4.24. The quantitative estimate of drug-likeness (QED) is 0.663. The SMILES string of the molecule is CC1OCCC1Sc1cc(C(F)(F)F)cc(NN)n1. The molecule has 1 aromatic heterocycles. The predicted octanol–water partition coefficient (Wildman–Crippen LogP) is 2.66. The first kappa shape index (κ1) is 14.4. The number of hydrogen-bond donors (Lipinski definition) is 2. The molecule has 0 spiro atoms. The Morgan fingerprint density at radius 1 is 1.47 bits per heavy atom. The largest absolute Gasteiger partial charge is 0.416 e. The van der Waals surface area contributed by atoms with Gasteiger partial charge in [-0.05, 0) is 25.5 Å². The van der Waals surface area contributed by atoms with Crippen LogP contribution in [0.5, 0.6) is 0 Å². The maximum Gasteiger partial charge on any atom is 0.416 e. The summed E-state index contributed by atoms with van der Waals surface area (Å²) < 4.78 is 43.6. The van der Waals surface area contributed by atoms with Gasteiger partial charge in [0.25, 0.3) is 0 Å². The third-order valence-electron chi connectivity index (χ3n) is 2.86. The van der Waals surface area contributed by atoms with Crippen LogP contribution >= 0.6 is 11.8 Å². The van der Waals surface area contributed by atoms with Gasteiger partial charge in [-0.25, -0.2) is 10.8 Å². The van der Waals surface area contributed by atoms with Crippen molar-refractivity contribution >= 4 is 17.6 Å². The number of ether oxygens (including phenoxy) is 1. The fourth-order valence-electron chi connectivity index (χ4n) is 1.83. The van der Waals surface area contributed by atoms with Gasteiger partial charge < -0.3 is 10.2 Å². The summed E-state index contributed by atoms with van der Waals surface area (Å²) in [7, 11) is 0. The fraction of sp³-hybridized carbons (Fsp3) is 0.545. The van der Waals surface area contributed by atoms with Crippen LogP contribution in [0.2, 0.25) is 0 Å². The molecule has 19 heavy (non-hydrogen) atoms. The molecule has 1 saturated heterocycles. The zero-order chi connectivity index (χ0) is 14.0. The van der Waals surface area contributed by atoms with Crippen molar-refractivity contribution in [3.8, 4) is 0 Å². The molecule has 1 aromatic rings. The zero-order valence-corrected chi connectivity index (χ0v) is 11.0. The minimum absolute atomic E-state index is 0.00360. The summed E-state index contributed by atoms with van der Waals surface area (Å²) in [5.41, 5.74) is 1.40. The van der Waals surface area contributed by atoms with E-state index in [1.807, 2.05) is 6.92 Å². The molecule has 0 aliphatic carbocycles. The molecule has 1 aliphatic rings. The number of alkyl halides is 3. The molecule has 1 fully saturated rings. The molecular weight excluding hydrogens is 279 g/mol. The summed E-state index contributed by atoms with van der Waals surface area (Å²) >= 11 is 1.29. The molecule has 8 heteroatoms. The number of nitrogens with zero attached hydrogens (tertiary/aromatic N) is 1. The third-order valence-corrected chi connectivity index (χ3v) is 4.23. The fourth-order valence-corrected chi connectivity index (χ4v) is 2.97. The normalized spacial score (nSPS) is 23.6. The van der Waals surface area contributed by atoms with Crippen molar-refractivity contribution in [3.63, 3.8) is 0 Å². The topological polar surface area (TPSA) is 60.2 Å². The Kier molecular flexibility index (Phi) is 4.22. The van der Waals surface area contributed by atoms with Gasteiger partial charge in [0, 0.05) is 11.9 Å². The smallest absolute Gasteiger partial charge is 0.377 e. The Morgan fingerprint density at radius 2 is 2.21 bits per heavy atom. The summed E-state index contributed by atoms with van der Waals surface area (Å²) in [6, 6.07) is 1.93. The Labute approximate surface area is 112 Å². The van der Waals surface area contributed by atoms with Gasteiger partial charge in [-0.15, -0.1) is 11.8 Å². The molecule has 0 aromatic carbocycles. The molecule has 106 valence electrons. The minimum Gasteiger partial charge on any atom is -0.377 e. The van der Waals surface area contributed by atoms with Gasteiger partial charge in [-0.2, -0.15) is 13.2 Å². The average molecular weight is 293 g/mol. The number of nitrogens with one attached hydrogen (secondary N) is 1. The van der Waals surface area contributed by atoms with E-state index in [9.17, 15) is 13.2 Å². The first-order valence-electron chi connectivity index (χ1n) is 5.74. The average Bonchev–Trinajstić information content (AvgIpc) is 2.73. The Bertz CT molecular complexity index is 455. The lowest BCUT2D eigenvalue weighted by molar-refractivity contribution is -0.137. The molecule has 2 atom stereocenters. The van der Waals surface area contributed by atoms with Crippen molar-refractivity contribution in [2.75, 3.05) is 12.0 Å². The number of hydrazine groups is 1. The second-order valence-corrected chi connectivity index (χ2v) is 5.50. The highest BCUT2D eigenvalue weighted by molar-refractivity contribution is 7.99. The molecule has 0 amide bonds. The van der Waals surface area contributed by atoms with Gasteiger partial charge >= 0.3 is 6.18 Å². The number of pyridine rings is 1. The van der Waals surface area contributed by atoms with Crippen molar-refractivity contribution in [2.45, 2.75) is 35.9 Å². The molecule has 2 rings (SSSR count). The van der Waals surface area contributed by atoms with Gasteiger partial charge in [-0.3, -0.25) is 0 Å². The van der Waals surface area contributed by atoms with Crippen molar-refractivity contribution < 1.29 is 17.9 Å². The summed E-state index contributed by atoms with van der Waals surface area (Å²) in [6.07, 6.45) is -3.60. The molecule has 2 unspecified atom stereocenters.